The van der Waals surface area contributed by atoms with Crippen LogP contribution in [0.5, 0.6) is 0 Å². The molecule has 0 aliphatic rings. The molecule has 2 aromatic heterocycles. The SMILES string of the molecule is O=C(COC(=O)c1ccc[nH]c1=O)NCc1ccco1. The highest BCUT2D eigenvalue weighted by atomic mass is 16.5. The minimum Gasteiger partial charge on any atom is -0.467 e. The van der Waals surface area contributed by atoms with E-state index in [9.17, 15) is 14.4 Å². The molecule has 0 saturated carbocycles. The number of hydrogen-bond donors (Lipinski definition) is 2. The van der Waals surface area contributed by atoms with Crippen LogP contribution in [0.2, 0.25) is 0 Å². The van der Waals surface area contributed by atoms with Crippen molar-refractivity contribution in [2.75, 3.05) is 6.61 Å². The lowest BCUT2D eigenvalue weighted by Crippen LogP contribution is -2.29. The smallest absolute Gasteiger partial charge is 0.344 e. The van der Waals surface area contributed by atoms with E-state index in [0.717, 1.165) is 0 Å². The van der Waals surface area contributed by atoms with Gasteiger partial charge in [-0.3, -0.25) is 9.59 Å². The van der Waals surface area contributed by atoms with Crippen molar-refractivity contribution in [3.8, 4) is 0 Å². The Balaban J connectivity index is 1.80. The normalized spacial score (nSPS) is 10.0. The van der Waals surface area contributed by atoms with Crippen LogP contribution in [-0.2, 0) is 16.1 Å². The average Bonchev–Trinajstić information content (AvgIpc) is 2.96. The maximum atomic E-state index is 11.6. The lowest BCUT2D eigenvalue weighted by molar-refractivity contribution is -0.124. The Labute approximate surface area is 113 Å². The van der Waals surface area contributed by atoms with Crippen LogP contribution in [-0.4, -0.2) is 23.5 Å². The molecule has 0 unspecified atom stereocenters. The van der Waals surface area contributed by atoms with Crippen molar-refractivity contribution in [1.29, 1.82) is 0 Å². The van der Waals surface area contributed by atoms with Crippen molar-refractivity contribution >= 4 is 11.9 Å². The van der Waals surface area contributed by atoms with Gasteiger partial charge in [0.15, 0.2) is 6.61 Å². The number of aromatic nitrogens is 1. The molecule has 2 heterocycles. The predicted molar refractivity (Wildman–Crippen MR) is 67.9 cm³/mol. The molecule has 2 rings (SSSR count). The fourth-order valence-electron chi connectivity index (χ4n) is 1.44. The number of furan rings is 1. The van der Waals surface area contributed by atoms with Crippen molar-refractivity contribution in [3.05, 3.63) is 58.4 Å². The average molecular weight is 276 g/mol. The summed E-state index contributed by atoms with van der Waals surface area (Å²) in [6.07, 6.45) is 2.89. The number of esters is 1. The van der Waals surface area contributed by atoms with Gasteiger partial charge in [0.25, 0.3) is 11.5 Å². The molecule has 0 spiro atoms. The van der Waals surface area contributed by atoms with Crippen LogP contribution >= 0.6 is 0 Å². The second-order valence-corrected chi connectivity index (χ2v) is 3.85. The molecule has 0 aliphatic heterocycles. The molecule has 1 amide bonds. The van der Waals surface area contributed by atoms with Crippen molar-refractivity contribution in [2.45, 2.75) is 6.54 Å². The maximum absolute atomic E-state index is 11.6. The van der Waals surface area contributed by atoms with Gasteiger partial charge in [0, 0.05) is 6.20 Å². The van der Waals surface area contributed by atoms with Crippen LogP contribution in [0, 0.1) is 0 Å². The third-order valence-electron chi connectivity index (χ3n) is 2.41. The first-order chi connectivity index (χ1) is 9.66. The lowest BCUT2D eigenvalue weighted by atomic mass is 10.3. The summed E-state index contributed by atoms with van der Waals surface area (Å²) in [5.41, 5.74) is -0.708. The molecule has 2 N–H and O–H groups in total. The van der Waals surface area contributed by atoms with Crippen LogP contribution in [0.3, 0.4) is 0 Å². The van der Waals surface area contributed by atoms with Crippen LogP contribution in [0.15, 0.2) is 45.9 Å². The molecule has 2 aromatic rings. The highest BCUT2D eigenvalue weighted by Gasteiger charge is 2.13. The summed E-state index contributed by atoms with van der Waals surface area (Å²) in [6.45, 7) is -0.261. The van der Waals surface area contributed by atoms with Crippen LogP contribution < -0.4 is 10.9 Å². The van der Waals surface area contributed by atoms with E-state index in [1.807, 2.05) is 0 Å². The fraction of sp³-hybridized carbons (Fsp3) is 0.154. The summed E-state index contributed by atoms with van der Waals surface area (Å²) in [4.78, 5) is 36.7. The van der Waals surface area contributed by atoms with Crippen LogP contribution in [0.25, 0.3) is 0 Å². The molecular formula is C13H12N2O5. The van der Waals surface area contributed by atoms with Gasteiger partial charge in [0.05, 0.1) is 12.8 Å². The number of amides is 1. The summed E-state index contributed by atoms with van der Waals surface area (Å²) in [6, 6.07) is 6.22. The second-order valence-electron chi connectivity index (χ2n) is 3.85. The second kappa shape index (κ2) is 6.37. The molecule has 104 valence electrons. The van der Waals surface area contributed by atoms with Gasteiger partial charge in [0.1, 0.15) is 11.3 Å². The number of hydrogen-bond acceptors (Lipinski definition) is 5. The Morgan fingerprint density at radius 3 is 2.85 bits per heavy atom. The molecule has 0 bridgehead atoms. The first-order valence-electron chi connectivity index (χ1n) is 5.81. The quantitative estimate of drug-likeness (QED) is 0.772. The number of ether oxygens (including phenoxy) is 1. The number of nitrogens with one attached hydrogen (secondary N) is 2. The van der Waals surface area contributed by atoms with E-state index in [1.165, 1.54) is 24.6 Å². The molecule has 20 heavy (non-hydrogen) atoms. The molecule has 0 atom stereocenters. The van der Waals surface area contributed by atoms with Crippen molar-refractivity contribution in [2.24, 2.45) is 0 Å². The van der Waals surface area contributed by atoms with Crippen LogP contribution in [0.4, 0.5) is 0 Å². The number of pyridine rings is 1. The zero-order chi connectivity index (χ0) is 14.4. The summed E-state index contributed by atoms with van der Waals surface area (Å²) in [5, 5.41) is 2.51. The fourth-order valence-corrected chi connectivity index (χ4v) is 1.44. The molecular weight excluding hydrogens is 264 g/mol. The number of aromatic amines is 1. The van der Waals surface area contributed by atoms with Crippen molar-refractivity contribution in [3.63, 3.8) is 0 Å². The monoisotopic (exact) mass is 276 g/mol. The minimum atomic E-state index is -0.847. The predicted octanol–water partition coefficient (Wildman–Crippen LogP) is 0.441. The number of carbonyl (C=O) groups excluding carboxylic acids is 2. The molecule has 0 aromatic carbocycles. The van der Waals surface area contributed by atoms with Gasteiger partial charge in [-0.05, 0) is 24.3 Å². The largest absolute Gasteiger partial charge is 0.467 e. The van der Waals surface area contributed by atoms with E-state index >= 15 is 0 Å². The van der Waals surface area contributed by atoms with Gasteiger partial charge in [-0.1, -0.05) is 0 Å². The number of H-pyrrole nitrogens is 1. The van der Waals surface area contributed by atoms with Gasteiger partial charge in [-0.15, -0.1) is 0 Å². The lowest BCUT2D eigenvalue weighted by Gasteiger charge is -2.04. The van der Waals surface area contributed by atoms with Gasteiger partial charge in [0.2, 0.25) is 0 Å². The number of carbonyl (C=O) groups is 2. The van der Waals surface area contributed by atoms with Crippen LogP contribution in [0.1, 0.15) is 16.1 Å². The maximum Gasteiger partial charge on any atom is 0.344 e. The zero-order valence-corrected chi connectivity index (χ0v) is 10.4. The van der Waals surface area contributed by atoms with Gasteiger partial charge in [-0.25, -0.2) is 4.79 Å². The molecule has 7 heteroatoms. The molecule has 0 fully saturated rings. The highest BCUT2D eigenvalue weighted by molar-refractivity contribution is 5.90. The Kier molecular flexibility index (Phi) is 4.33. The summed E-state index contributed by atoms with van der Waals surface area (Å²) in [5.74, 6) is -0.744. The summed E-state index contributed by atoms with van der Waals surface area (Å²) < 4.78 is 9.77. The molecule has 0 radical (unpaired) electrons. The molecule has 0 aliphatic carbocycles. The van der Waals surface area contributed by atoms with Crippen molar-refractivity contribution in [1.82, 2.24) is 10.3 Å². The third kappa shape index (κ3) is 3.58. The van der Waals surface area contributed by atoms with Gasteiger partial charge < -0.3 is 19.5 Å². The van der Waals surface area contributed by atoms with E-state index in [2.05, 4.69) is 10.3 Å². The van der Waals surface area contributed by atoms with E-state index in [-0.39, 0.29) is 12.1 Å². The standard InChI is InChI=1S/C13H12N2O5/c16-11(15-7-9-3-2-6-19-9)8-20-13(18)10-4-1-5-14-12(10)17/h1-6H,7-8H2,(H,14,17)(H,15,16). The van der Waals surface area contributed by atoms with Gasteiger partial charge >= 0.3 is 5.97 Å². The topological polar surface area (TPSA) is 101 Å². The minimum absolute atomic E-state index is 0.147. The third-order valence-corrected chi connectivity index (χ3v) is 2.41. The van der Waals surface area contributed by atoms with E-state index in [0.29, 0.717) is 5.76 Å². The van der Waals surface area contributed by atoms with E-state index in [4.69, 9.17) is 9.15 Å². The number of rotatable bonds is 5. The van der Waals surface area contributed by atoms with E-state index < -0.39 is 24.0 Å². The van der Waals surface area contributed by atoms with Gasteiger partial charge in [-0.2, -0.15) is 0 Å². The first-order valence-corrected chi connectivity index (χ1v) is 5.81. The van der Waals surface area contributed by atoms with Crippen molar-refractivity contribution < 1.29 is 18.7 Å². The Morgan fingerprint density at radius 2 is 2.15 bits per heavy atom. The Hall–Kier alpha value is -2.83. The Morgan fingerprint density at radius 1 is 1.30 bits per heavy atom. The Bertz CT molecular complexity index is 645. The molecule has 0 saturated heterocycles. The van der Waals surface area contributed by atoms with E-state index in [1.54, 1.807) is 12.1 Å². The first kappa shape index (κ1) is 13.6. The zero-order valence-electron chi connectivity index (χ0n) is 10.4. The molecule has 7 nitrogen and oxygen atoms in total. The summed E-state index contributed by atoms with van der Waals surface area (Å²) >= 11 is 0. The highest BCUT2D eigenvalue weighted by Crippen LogP contribution is 1.98. The summed E-state index contributed by atoms with van der Waals surface area (Å²) in [7, 11) is 0.